The molecule has 84 valence electrons. The quantitative estimate of drug-likeness (QED) is 0.721. The number of rotatable bonds is 4. The Bertz CT molecular complexity index is 282. The van der Waals surface area contributed by atoms with Crippen molar-refractivity contribution in [2.75, 3.05) is 0 Å². The molecule has 1 aliphatic heterocycles. The van der Waals surface area contributed by atoms with Crippen LogP contribution in [0.5, 0.6) is 0 Å². The van der Waals surface area contributed by atoms with E-state index in [1.807, 2.05) is 0 Å². The van der Waals surface area contributed by atoms with Crippen molar-refractivity contribution < 1.29 is 0 Å². The van der Waals surface area contributed by atoms with Crippen LogP contribution >= 0.6 is 0 Å². The average Bonchev–Trinajstić information content (AvgIpc) is 2.23. The maximum absolute atomic E-state index is 3.40. The third-order valence-corrected chi connectivity index (χ3v) is 2.65. The van der Waals surface area contributed by atoms with Crippen LogP contribution in [0.1, 0.15) is 52.9 Å². The molecule has 0 bridgehead atoms. The summed E-state index contributed by atoms with van der Waals surface area (Å²) in [5, 5.41) is 3.40. The number of allylic oxidation sites excluding steroid dienone is 4. The molecule has 0 saturated heterocycles. The molecule has 1 N–H and O–H groups in total. The highest BCUT2D eigenvalue weighted by Crippen LogP contribution is 2.26. The van der Waals surface area contributed by atoms with Gasteiger partial charge >= 0.3 is 0 Å². The third kappa shape index (κ3) is 3.58. The van der Waals surface area contributed by atoms with Crippen LogP contribution in [-0.4, -0.2) is 0 Å². The maximum atomic E-state index is 3.40. The molecule has 0 amide bonds. The van der Waals surface area contributed by atoms with Crippen molar-refractivity contribution >= 4 is 0 Å². The summed E-state index contributed by atoms with van der Waals surface area (Å²) in [6.07, 6.45) is 12.6. The molecule has 0 unspecified atom stereocenters. The van der Waals surface area contributed by atoms with Gasteiger partial charge in [0.2, 0.25) is 0 Å². The van der Waals surface area contributed by atoms with Gasteiger partial charge in [0.05, 0.1) is 0 Å². The van der Waals surface area contributed by atoms with Crippen LogP contribution in [0.4, 0.5) is 0 Å². The number of nitrogens with one attached hydrogen (secondary N) is 1. The van der Waals surface area contributed by atoms with Crippen LogP contribution < -0.4 is 5.32 Å². The molecule has 1 aliphatic rings. The first-order valence-corrected chi connectivity index (χ1v) is 6.15. The van der Waals surface area contributed by atoms with Crippen LogP contribution in [0.15, 0.2) is 35.2 Å². The Balaban J connectivity index is 2.80. The van der Waals surface area contributed by atoms with Crippen molar-refractivity contribution in [3.63, 3.8) is 0 Å². The van der Waals surface area contributed by atoms with E-state index in [2.05, 4.69) is 44.4 Å². The standard InChI is InChI=1S/C14H23N/c1-4-7-12-10-14(9-6-3)15-11-13(12)8-5-2/h7,9,11,15H,4-6,8,10H2,1-3H3/b12-7+,14-9+. The largest absolute Gasteiger partial charge is 0.365 e. The van der Waals surface area contributed by atoms with Crippen LogP contribution in [0.25, 0.3) is 0 Å². The highest BCUT2D eigenvalue weighted by molar-refractivity contribution is 5.38. The molecule has 0 atom stereocenters. The second-order valence-corrected chi connectivity index (χ2v) is 4.02. The first-order valence-electron chi connectivity index (χ1n) is 6.15. The zero-order valence-corrected chi connectivity index (χ0v) is 10.3. The molecule has 1 heterocycles. The van der Waals surface area contributed by atoms with E-state index < -0.39 is 0 Å². The first-order chi connectivity index (χ1) is 7.31. The summed E-state index contributed by atoms with van der Waals surface area (Å²) in [5.41, 5.74) is 4.38. The van der Waals surface area contributed by atoms with Gasteiger partial charge < -0.3 is 5.32 Å². The van der Waals surface area contributed by atoms with Crippen LogP contribution in [0.2, 0.25) is 0 Å². The highest BCUT2D eigenvalue weighted by Gasteiger charge is 2.11. The molecule has 0 aromatic carbocycles. The fourth-order valence-corrected chi connectivity index (χ4v) is 1.97. The Morgan fingerprint density at radius 1 is 1.20 bits per heavy atom. The van der Waals surface area contributed by atoms with E-state index in [0.717, 1.165) is 19.3 Å². The summed E-state index contributed by atoms with van der Waals surface area (Å²) >= 11 is 0. The average molecular weight is 205 g/mol. The molecule has 0 fully saturated rings. The number of hydrogen-bond donors (Lipinski definition) is 1. The summed E-state index contributed by atoms with van der Waals surface area (Å²) < 4.78 is 0. The Hall–Kier alpha value is -0.980. The topological polar surface area (TPSA) is 12.0 Å². The molecule has 15 heavy (non-hydrogen) atoms. The third-order valence-electron chi connectivity index (χ3n) is 2.65. The van der Waals surface area contributed by atoms with E-state index in [-0.39, 0.29) is 0 Å². The first kappa shape index (κ1) is 12.1. The summed E-state index contributed by atoms with van der Waals surface area (Å²) in [7, 11) is 0. The zero-order valence-electron chi connectivity index (χ0n) is 10.3. The minimum Gasteiger partial charge on any atom is -0.365 e. The predicted molar refractivity (Wildman–Crippen MR) is 67.5 cm³/mol. The second kappa shape index (κ2) is 6.49. The summed E-state index contributed by atoms with van der Waals surface area (Å²) in [5.74, 6) is 0. The minimum absolute atomic E-state index is 1.09. The Morgan fingerprint density at radius 3 is 2.53 bits per heavy atom. The molecule has 1 nitrogen and oxygen atoms in total. The van der Waals surface area contributed by atoms with Gasteiger partial charge in [0, 0.05) is 18.3 Å². The van der Waals surface area contributed by atoms with Gasteiger partial charge in [-0.1, -0.05) is 39.3 Å². The van der Waals surface area contributed by atoms with E-state index in [1.54, 1.807) is 0 Å². The van der Waals surface area contributed by atoms with Gasteiger partial charge in [-0.15, -0.1) is 0 Å². The van der Waals surface area contributed by atoms with Crippen LogP contribution in [-0.2, 0) is 0 Å². The van der Waals surface area contributed by atoms with Gasteiger partial charge in [-0.05, 0) is 30.4 Å². The lowest BCUT2D eigenvalue weighted by Gasteiger charge is -2.21. The van der Waals surface area contributed by atoms with E-state index >= 15 is 0 Å². The van der Waals surface area contributed by atoms with Gasteiger partial charge in [0.15, 0.2) is 0 Å². The van der Waals surface area contributed by atoms with E-state index in [4.69, 9.17) is 0 Å². The normalized spacial score (nSPS) is 21.7. The molecule has 0 aromatic heterocycles. The summed E-state index contributed by atoms with van der Waals surface area (Å²) in [6.45, 7) is 6.63. The maximum Gasteiger partial charge on any atom is 0.0150 e. The molecular weight excluding hydrogens is 182 g/mol. The minimum atomic E-state index is 1.09. The van der Waals surface area contributed by atoms with Gasteiger partial charge in [0.25, 0.3) is 0 Å². The van der Waals surface area contributed by atoms with Gasteiger partial charge in [0.1, 0.15) is 0 Å². The summed E-state index contributed by atoms with van der Waals surface area (Å²) in [6, 6.07) is 0. The highest BCUT2D eigenvalue weighted by atomic mass is 14.9. The van der Waals surface area contributed by atoms with Crippen molar-refractivity contribution in [3.05, 3.63) is 35.2 Å². The van der Waals surface area contributed by atoms with Crippen LogP contribution in [0, 0.1) is 0 Å². The monoisotopic (exact) mass is 205 g/mol. The smallest absolute Gasteiger partial charge is 0.0150 e. The van der Waals surface area contributed by atoms with Crippen molar-refractivity contribution in [1.82, 2.24) is 5.32 Å². The second-order valence-electron chi connectivity index (χ2n) is 4.02. The van der Waals surface area contributed by atoms with Crippen molar-refractivity contribution in [3.8, 4) is 0 Å². The molecular formula is C14H23N. The van der Waals surface area contributed by atoms with Gasteiger partial charge in [-0.3, -0.25) is 0 Å². The van der Waals surface area contributed by atoms with E-state index in [0.29, 0.717) is 0 Å². The predicted octanol–water partition coefficient (Wildman–Crippen LogP) is 4.29. The van der Waals surface area contributed by atoms with Gasteiger partial charge in [-0.2, -0.15) is 0 Å². The molecule has 0 aromatic rings. The van der Waals surface area contributed by atoms with E-state index in [9.17, 15) is 0 Å². The van der Waals surface area contributed by atoms with Gasteiger partial charge in [-0.25, -0.2) is 0 Å². The van der Waals surface area contributed by atoms with Crippen molar-refractivity contribution in [2.24, 2.45) is 0 Å². The SMILES string of the molecule is CC/C=C1\C/C(=C\CC)C(CCC)=CN1. The Kier molecular flexibility index (Phi) is 5.23. The molecule has 1 rings (SSSR count). The fourth-order valence-electron chi connectivity index (χ4n) is 1.97. The van der Waals surface area contributed by atoms with E-state index in [1.165, 1.54) is 29.7 Å². The lowest BCUT2D eigenvalue weighted by molar-refractivity contribution is 0.820. The summed E-state index contributed by atoms with van der Waals surface area (Å²) in [4.78, 5) is 0. The number of hydrogen-bond acceptors (Lipinski definition) is 1. The molecule has 1 heteroatoms. The lowest BCUT2D eigenvalue weighted by atomic mass is 9.94. The molecule has 0 saturated carbocycles. The Labute approximate surface area is 94.0 Å². The molecule has 0 radical (unpaired) electrons. The molecule has 0 spiro atoms. The lowest BCUT2D eigenvalue weighted by Crippen LogP contribution is -2.14. The molecule has 0 aliphatic carbocycles. The van der Waals surface area contributed by atoms with Crippen molar-refractivity contribution in [2.45, 2.75) is 52.9 Å². The fraction of sp³-hybridized carbons (Fsp3) is 0.571. The zero-order chi connectivity index (χ0) is 11.1. The Morgan fingerprint density at radius 2 is 1.93 bits per heavy atom. The van der Waals surface area contributed by atoms with Crippen molar-refractivity contribution in [1.29, 1.82) is 0 Å². The van der Waals surface area contributed by atoms with Crippen LogP contribution in [0.3, 0.4) is 0 Å².